The largest absolute Gasteiger partial charge is 0.382 e. The highest BCUT2D eigenvalue weighted by Crippen LogP contribution is 2.24. The SMILES string of the molecule is O=C([C@H]1CC(c2cccc(Br)c2)=NO1)N(Cc1ccccc1)c1ccccc1. The van der Waals surface area contributed by atoms with Crippen molar-refractivity contribution < 1.29 is 9.63 Å². The number of halogens is 1. The molecule has 1 amide bonds. The maximum absolute atomic E-state index is 13.3. The molecular weight excluding hydrogens is 416 g/mol. The lowest BCUT2D eigenvalue weighted by Crippen LogP contribution is -2.39. The van der Waals surface area contributed by atoms with E-state index in [1.54, 1.807) is 4.90 Å². The first-order chi connectivity index (χ1) is 13.7. The molecule has 0 unspecified atom stereocenters. The summed E-state index contributed by atoms with van der Waals surface area (Å²) in [7, 11) is 0. The zero-order valence-corrected chi connectivity index (χ0v) is 16.7. The van der Waals surface area contributed by atoms with E-state index in [1.807, 2.05) is 84.9 Å². The van der Waals surface area contributed by atoms with Gasteiger partial charge < -0.3 is 9.74 Å². The first kappa shape index (κ1) is 18.4. The number of hydrogen-bond donors (Lipinski definition) is 0. The van der Waals surface area contributed by atoms with Gasteiger partial charge in [-0.25, -0.2) is 0 Å². The monoisotopic (exact) mass is 434 g/mol. The van der Waals surface area contributed by atoms with Crippen LogP contribution in [0, 0.1) is 0 Å². The van der Waals surface area contributed by atoms with Crippen LogP contribution in [0.4, 0.5) is 5.69 Å². The first-order valence-corrected chi connectivity index (χ1v) is 9.89. The van der Waals surface area contributed by atoms with E-state index in [-0.39, 0.29) is 5.91 Å². The average Bonchev–Trinajstić information content (AvgIpc) is 3.23. The van der Waals surface area contributed by atoms with Gasteiger partial charge in [0.1, 0.15) is 0 Å². The maximum atomic E-state index is 13.3. The van der Waals surface area contributed by atoms with Crippen molar-refractivity contribution in [2.75, 3.05) is 4.90 Å². The molecule has 3 aromatic carbocycles. The Kier molecular flexibility index (Phi) is 5.53. The molecule has 1 aliphatic heterocycles. The standard InChI is InChI=1S/C23H19BrN2O2/c24-19-11-7-10-18(14-19)21-15-22(28-25-21)23(27)26(20-12-5-2-6-13-20)16-17-8-3-1-4-9-17/h1-14,22H,15-16H2/t22-/m1/s1. The maximum Gasteiger partial charge on any atom is 0.271 e. The Labute approximate surface area is 172 Å². The first-order valence-electron chi connectivity index (χ1n) is 9.10. The Morgan fingerprint density at radius 2 is 1.71 bits per heavy atom. The Morgan fingerprint density at radius 3 is 2.43 bits per heavy atom. The van der Waals surface area contributed by atoms with Crippen LogP contribution in [0.5, 0.6) is 0 Å². The number of anilines is 1. The molecule has 0 aromatic heterocycles. The summed E-state index contributed by atoms with van der Waals surface area (Å²) in [5, 5.41) is 4.18. The summed E-state index contributed by atoms with van der Waals surface area (Å²) in [6.07, 6.45) is -0.175. The third-order valence-electron chi connectivity index (χ3n) is 4.62. The van der Waals surface area contributed by atoms with Gasteiger partial charge in [-0.1, -0.05) is 81.7 Å². The summed E-state index contributed by atoms with van der Waals surface area (Å²) in [5.74, 6) is -0.0937. The Balaban J connectivity index is 1.55. The summed E-state index contributed by atoms with van der Waals surface area (Å²) in [6.45, 7) is 0.482. The molecule has 0 saturated heterocycles. The van der Waals surface area contributed by atoms with Crippen molar-refractivity contribution in [2.24, 2.45) is 5.16 Å². The molecule has 1 aliphatic rings. The zero-order chi connectivity index (χ0) is 19.3. The molecule has 4 nitrogen and oxygen atoms in total. The van der Waals surface area contributed by atoms with Crippen LogP contribution in [0.1, 0.15) is 17.5 Å². The highest BCUT2D eigenvalue weighted by atomic mass is 79.9. The fourth-order valence-electron chi connectivity index (χ4n) is 3.19. The summed E-state index contributed by atoms with van der Waals surface area (Å²) < 4.78 is 0.970. The van der Waals surface area contributed by atoms with Crippen LogP contribution in [0.2, 0.25) is 0 Å². The summed E-state index contributed by atoms with van der Waals surface area (Å²) >= 11 is 3.47. The number of amides is 1. The van der Waals surface area contributed by atoms with E-state index < -0.39 is 6.10 Å². The molecule has 1 atom stereocenters. The number of rotatable bonds is 5. The van der Waals surface area contributed by atoms with Gasteiger partial charge in [-0.15, -0.1) is 0 Å². The summed E-state index contributed by atoms with van der Waals surface area (Å²) in [5.41, 5.74) is 3.65. The molecule has 0 radical (unpaired) electrons. The van der Waals surface area contributed by atoms with Crippen LogP contribution in [-0.2, 0) is 16.2 Å². The van der Waals surface area contributed by atoms with Gasteiger partial charge in [-0.3, -0.25) is 4.79 Å². The highest BCUT2D eigenvalue weighted by Gasteiger charge is 2.33. The highest BCUT2D eigenvalue weighted by molar-refractivity contribution is 9.10. The van der Waals surface area contributed by atoms with Crippen molar-refractivity contribution in [3.8, 4) is 0 Å². The average molecular weight is 435 g/mol. The summed E-state index contributed by atoms with van der Waals surface area (Å²) in [6, 6.07) is 27.5. The molecular formula is C23H19BrN2O2. The van der Waals surface area contributed by atoms with Gasteiger partial charge in [0.05, 0.1) is 12.3 Å². The number of oxime groups is 1. The van der Waals surface area contributed by atoms with Crippen molar-refractivity contribution in [2.45, 2.75) is 19.1 Å². The predicted molar refractivity (Wildman–Crippen MR) is 114 cm³/mol. The van der Waals surface area contributed by atoms with E-state index in [0.717, 1.165) is 27.0 Å². The second kappa shape index (κ2) is 8.40. The van der Waals surface area contributed by atoms with Gasteiger partial charge in [0.15, 0.2) is 0 Å². The Bertz CT molecular complexity index is 990. The van der Waals surface area contributed by atoms with Crippen molar-refractivity contribution in [1.82, 2.24) is 0 Å². The minimum absolute atomic E-state index is 0.0937. The molecule has 4 rings (SSSR count). The molecule has 1 heterocycles. The van der Waals surface area contributed by atoms with E-state index >= 15 is 0 Å². The number of carbonyl (C=O) groups is 1. The minimum atomic E-state index is -0.627. The normalized spacial score (nSPS) is 15.6. The molecule has 0 bridgehead atoms. The number of carbonyl (C=O) groups excluding carboxylic acids is 1. The molecule has 0 aliphatic carbocycles. The van der Waals surface area contributed by atoms with Crippen molar-refractivity contribution in [1.29, 1.82) is 0 Å². The predicted octanol–water partition coefficient (Wildman–Crippen LogP) is 5.18. The molecule has 5 heteroatoms. The fourth-order valence-corrected chi connectivity index (χ4v) is 3.59. The van der Waals surface area contributed by atoms with Gasteiger partial charge in [0.25, 0.3) is 5.91 Å². The van der Waals surface area contributed by atoms with E-state index in [1.165, 1.54) is 0 Å². The van der Waals surface area contributed by atoms with E-state index in [0.29, 0.717) is 13.0 Å². The van der Waals surface area contributed by atoms with Crippen LogP contribution < -0.4 is 4.90 Å². The fraction of sp³-hybridized carbons (Fsp3) is 0.130. The second-order valence-corrected chi connectivity index (χ2v) is 7.51. The summed E-state index contributed by atoms with van der Waals surface area (Å²) in [4.78, 5) is 20.6. The zero-order valence-electron chi connectivity index (χ0n) is 15.2. The van der Waals surface area contributed by atoms with Gasteiger partial charge in [0.2, 0.25) is 6.10 Å². The second-order valence-electron chi connectivity index (χ2n) is 6.59. The smallest absolute Gasteiger partial charge is 0.271 e. The van der Waals surface area contributed by atoms with E-state index in [4.69, 9.17) is 4.84 Å². The van der Waals surface area contributed by atoms with Crippen molar-refractivity contribution >= 4 is 33.2 Å². The number of hydrogen-bond acceptors (Lipinski definition) is 3. The molecule has 0 spiro atoms. The van der Waals surface area contributed by atoms with Gasteiger partial charge >= 0.3 is 0 Å². The lowest BCUT2D eigenvalue weighted by Gasteiger charge is -2.25. The van der Waals surface area contributed by atoms with Crippen LogP contribution in [0.3, 0.4) is 0 Å². The van der Waals surface area contributed by atoms with Crippen molar-refractivity contribution in [3.63, 3.8) is 0 Å². The number of benzene rings is 3. The quantitative estimate of drug-likeness (QED) is 0.555. The molecule has 0 saturated carbocycles. The number of para-hydroxylation sites is 1. The third kappa shape index (κ3) is 4.15. The third-order valence-corrected chi connectivity index (χ3v) is 5.11. The molecule has 0 fully saturated rings. The lowest BCUT2D eigenvalue weighted by molar-refractivity contribution is -0.128. The minimum Gasteiger partial charge on any atom is -0.382 e. The van der Waals surface area contributed by atoms with Crippen LogP contribution in [-0.4, -0.2) is 17.7 Å². The van der Waals surface area contributed by atoms with Crippen molar-refractivity contribution in [3.05, 3.63) is 101 Å². The van der Waals surface area contributed by atoms with E-state index in [2.05, 4.69) is 21.1 Å². The lowest BCUT2D eigenvalue weighted by atomic mass is 10.0. The van der Waals surface area contributed by atoms with Crippen LogP contribution >= 0.6 is 15.9 Å². The van der Waals surface area contributed by atoms with Gasteiger partial charge in [0, 0.05) is 22.1 Å². The van der Waals surface area contributed by atoms with Crippen LogP contribution in [0.15, 0.2) is 94.6 Å². The van der Waals surface area contributed by atoms with Gasteiger partial charge in [-0.2, -0.15) is 0 Å². The van der Waals surface area contributed by atoms with E-state index in [9.17, 15) is 4.79 Å². The molecule has 28 heavy (non-hydrogen) atoms. The molecule has 3 aromatic rings. The Hall–Kier alpha value is -2.92. The topological polar surface area (TPSA) is 41.9 Å². The molecule has 0 N–H and O–H groups in total. The Morgan fingerprint density at radius 1 is 1.00 bits per heavy atom. The number of nitrogens with zero attached hydrogens (tertiary/aromatic N) is 2. The van der Waals surface area contributed by atoms with Crippen LogP contribution in [0.25, 0.3) is 0 Å². The molecule has 140 valence electrons. The van der Waals surface area contributed by atoms with Gasteiger partial charge in [-0.05, 0) is 29.8 Å².